The van der Waals surface area contributed by atoms with Crippen LogP contribution in [0.3, 0.4) is 0 Å². The van der Waals surface area contributed by atoms with Gasteiger partial charge in [0.05, 0.1) is 5.56 Å². The highest BCUT2D eigenvalue weighted by atomic mass is 16.5. The van der Waals surface area contributed by atoms with E-state index >= 15 is 0 Å². The van der Waals surface area contributed by atoms with Crippen LogP contribution in [0.1, 0.15) is 26.3 Å². The Kier molecular flexibility index (Phi) is 2.61. The molecule has 0 spiro atoms. The van der Waals surface area contributed by atoms with Gasteiger partial charge in [-0.2, -0.15) is 0 Å². The molecule has 1 aliphatic rings. The van der Waals surface area contributed by atoms with Crippen LogP contribution < -0.4 is 4.74 Å². The summed E-state index contributed by atoms with van der Waals surface area (Å²) in [6.07, 6.45) is 0. The largest absolute Gasteiger partial charge is 0.478 e. The molecule has 0 aliphatic heterocycles. The monoisotopic (exact) mass is 268 g/mol. The van der Waals surface area contributed by atoms with Crippen LogP contribution in [0.2, 0.25) is 0 Å². The zero-order chi connectivity index (χ0) is 14.3. The van der Waals surface area contributed by atoms with Crippen LogP contribution in [0.15, 0.2) is 36.4 Å². The van der Waals surface area contributed by atoms with E-state index in [-0.39, 0.29) is 23.6 Å². The van der Waals surface area contributed by atoms with Crippen LogP contribution >= 0.6 is 0 Å². The van der Waals surface area contributed by atoms with Crippen molar-refractivity contribution < 1.29 is 24.2 Å². The zero-order valence-electron chi connectivity index (χ0n) is 10.1. The third kappa shape index (κ3) is 1.68. The quantitative estimate of drug-likeness (QED) is 0.736. The molecule has 1 aliphatic carbocycles. The highest BCUT2D eigenvalue weighted by Crippen LogP contribution is 2.38. The molecular weight excluding hydrogens is 260 g/mol. The first-order valence-electron chi connectivity index (χ1n) is 5.78. The van der Waals surface area contributed by atoms with Gasteiger partial charge in [0.1, 0.15) is 5.75 Å². The summed E-state index contributed by atoms with van der Waals surface area (Å²) in [5.41, 5.74) is 2.21. The number of carboxylic acids is 1. The molecule has 0 radical (unpaired) electrons. The molecule has 0 amide bonds. The van der Waals surface area contributed by atoms with Crippen molar-refractivity contribution in [2.45, 2.75) is 0 Å². The van der Waals surface area contributed by atoms with Crippen LogP contribution in [0.25, 0.3) is 11.1 Å². The summed E-state index contributed by atoms with van der Waals surface area (Å²) >= 11 is 0. The molecule has 1 N–H and O–H groups in total. The van der Waals surface area contributed by atoms with E-state index in [9.17, 15) is 14.4 Å². The lowest BCUT2D eigenvalue weighted by Crippen LogP contribution is -2.00. The van der Waals surface area contributed by atoms with Gasteiger partial charge in [0.2, 0.25) is 0 Å². The Morgan fingerprint density at radius 1 is 1.00 bits per heavy atom. The lowest BCUT2D eigenvalue weighted by molar-refractivity contribution is -0.120. The molecule has 5 nitrogen and oxygen atoms in total. The number of ether oxygens (including phenoxy) is 1. The Bertz CT molecular complexity index is 761. The topological polar surface area (TPSA) is 80.7 Å². The van der Waals surface area contributed by atoms with Gasteiger partial charge in [-0.3, -0.25) is 9.59 Å². The smallest absolute Gasteiger partial charge is 0.335 e. The highest BCUT2D eigenvalue weighted by Gasteiger charge is 2.28. The molecule has 0 aromatic heterocycles. The van der Waals surface area contributed by atoms with Gasteiger partial charge in [-0.25, -0.2) is 4.79 Å². The number of hydrogen-bond acceptors (Lipinski definition) is 4. The fourth-order valence-corrected chi connectivity index (χ4v) is 2.32. The van der Waals surface area contributed by atoms with Crippen LogP contribution in [0.4, 0.5) is 0 Å². The van der Waals surface area contributed by atoms with Crippen molar-refractivity contribution in [2.75, 3.05) is 0 Å². The molecule has 0 fully saturated rings. The summed E-state index contributed by atoms with van der Waals surface area (Å²) in [6, 6.07) is 9.17. The number of carbonyl (C=O) groups is 3. The number of fused-ring (bicyclic) bond motifs is 3. The second kappa shape index (κ2) is 4.31. The molecule has 0 bridgehead atoms. The normalized spacial score (nSPS) is 11.7. The summed E-state index contributed by atoms with van der Waals surface area (Å²) in [4.78, 5) is 33.6. The van der Waals surface area contributed by atoms with Crippen LogP contribution in [0, 0.1) is 0 Å². The number of ketones is 1. The van der Waals surface area contributed by atoms with Crippen molar-refractivity contribution in [1.29, 1.82) is 0 Å². The van der Waals surface area contributed by atoms with Gasteiger partial charge in [0.25, 0.3) is 6.47 Å². The van der Waals surface area contributed by atoms with Crippen molar-refractivity contribution in [3.8, 4) is 16.9 Å². The maximum Gasteiger partial charge on any atom is 0.335 e. The average molecular weight is 268 g/mol. The lowest BCUT2D eigenvalue weighted by atomic mass is 10.0. The first kappa shape index (κ1) is 12.1. The van der Waals surface area contributed by atoms with Crippen molar-refractivity contribution in [3.05, 3.63) is 53.1 Å². The molecule has 5 heteroatoms. The first-order chi connectivity index (χ1) is 9.61. The molecule has 3 rings (SSSR count). The minimum Gasteiger partial charge on any atom is -0.478 e. The summed E-state index contributed by atoms with van der Waals surface area (Å²) in [5, 5.41) is 8.96. The van der Waals surface area contributed by atoms with Crippen molar-refractivity contribution in [3.63, 3.8) is 0 Å². The number of hydrogen-bond donors (Lipinski definition) is 1. The van der Waals surface area contributed by atoms with Gasteiger partial charge in [0, 0.05) is 11.1 Å². The molecule has 98 valence electrons. The minimum absolute atomic E-state index is 0.0641. The predicted octanol–water partition coefficient (Wildman–Crippen LogP) is 2.13. The molecule has 0 saturated carbocycles. The summed E-state index contributed by atoms with van der Waals surface area (Å²) < 4.78 is 4.71. The highest BCUT2D eigenvalue weighted by molar-refractivity contribution is 6.22. The molecule has 2 aromatic carbocycles. The van der Waals surface area contributed by atoms with Gasteiger partial charge in [0.15, 0.2) is 5.78 Å². The third-order valence-corrected chi connectivity index (χ3v) is 3.22. The second-order valence-electron chi connectivity index (χ2n) is 4.32. The van der Waals surface area contributed by atoms with Gasteiger partial charge < -0.3 is 9.84 Å². The number of rotatable bonds is 3. The summed E-state index contributed by atoms with van der Waals surface area (Å²) in [7, 11) is 0. The van der Waals surface area contributed by atoms with Crippen molar-refractivity contribution >= 4 is 18.2 Å². The van der Waals surface area contributed by atoms with E-state index in [4.69, 9.17) is 9.84 Å². The Labute approximate surface area is 113 Å². The van der Waals surface area contributed by atoms with Crippen LogP contribution in [-0.2, 0) is 4.79 Å². The van der Waals surface area contributed by atoms with Crippen LogP contribution in [-0.4, -0.2) is 23.3 Å². The van der Waals surface area contributed by atoms with Gasteiger partial charge in [-0.1, -0.05) is 6.07 Å². The standard InChI is InChI=1S/C15H8O5/c16-7-20-9-2-4-11-10-3-1-8(15(18)19)5-12(10)14(17)13(11)6-9/h1-7H,(H,18,19). The van der Waals surface area contributed by atoms with E-state index in [2.05, 4.69) is 0 Å². The molecular formula is C15H8O5. The average Bonchev–Trinajstić information content (AvgIpc) is 2.72. The Hall–Kier alpha value is -2.95. The predicted molar refractivity (Wildman–Crippen MR) is 69.0 cm³/mol. The minimum atomic E-state index is -1.08. The van der Waals surface area contributed by atoms with Crippen molar-refractivity contribution in [2.24, 2.45) is 0 Å². The fourth-order valence-electron chi connectivity index (χ4n) is 2.32. The van der Waals surface area contributed by atoms with E-state index in [1.54, 1.807) is 18.2 Å². The number of aromatic carboxylic acids is 1. The lowest BCUT2D eigenvalue weighted by Gasteiger charge is -2.02. The Morgan fingerprint density at radius 2 is 1.65 bits per heavy atom. The summed E-state index contributed by atoms with van der Waals surface area (Å²) in [6.45, 7) is 0.289. The Morgan fingerprint density at radius 3 is 2.30 bits per heavy atom. The molecule has 20 heavy (non-hydrogen) atoms. The number of benzene rings is 2. The zero-order valence-corrected chi connectivity index (χ0v) is 10.1. The van der Waals surface area contributed by atoms with Gasteiger partial charge >= 0.3 is 5.97 Å². The third-order valence-electron chi connectivity index (χ3n) is 3.22. The summed E-state index contributed by atoms with van der Waals surface area (Å²) in [5.74, 6) is -1.07. The fraction of sp³-hybridized carbons (Fsp3) is 0. The molecule has 0 heterocycles. The van der Waals surface area contributed by atoms with E-state index in [1.807, 2.05) is 0 Å². The first-order valence-corrected chi connectivity index (χ1v) is 5.78. The number of carbonyl (C=O) groups excluding carboxylic acids is 2. The van der Waals surface area contributed by atoms with Gasteiger partial charge in [-0.15, -0.1) is 0 Å². The van der Waals surface area contributed by atoms with E-state index in [1.165, 1.54) is 18.2 Å². The van der Waals surface area contributed by atoms with E-state index < -0.39 is 5.97 Å². The molecule has 0 atom stereocenters. The molecule has 2 aromatic rings. The maximum atomic E-state index is 12.3. The SMILES string of the molecule is O=COc1ccc2c(c1)C(=O)c1cc(C(=O)O)ccc1-2. The van der Waals surface area contributed by atoms with E-state index in [0.717, 1.165) is 0 Å². The maximum absolute atomic E-state index is 12.3. The molecule has 0 unspecified atom stereocenters. The molecule has 0 saturated heterocycles. The van der Waals surface area contributed by atoms with Crippen LogP contribution in [0.5, 0.6) is 5.75 Å². The van der Waals surface area contributed by atoms with Crippen molar-refractivity contribution in [1.82, 2.24) is 0 Å². The number of carboxylic acid groups (broad SMARTS) is 1. The van der Waals surface area contributed by atoms with E-state index in [0.29, 0.717) is 22.3 Å². The Balaban J connectivity index is 2.15. The van der Waals surface area contributed by atoms with Gasteiger partial charge in [-0.05, 0) is 41.5 Å². The second-order valence-corrected chi connectivity index (χ2v) is 4.32.